The summed E-state index contributed by atoms with van der Waals surface area (Å²) >= 11 is 0. The number of rotatable bonds is 8. The monoisotopic (exact) mass is 360 g/mol. The third-order valence-corrected chi connectivity index (χ3v) is 4.25. The summed E-state index contributed by atoms with van der Waals surface area (Å²) in [5.41, 5.74) is 1.22. The van der Waals surface area contributed by atoms with Gasteiger partial charge in [0.15, 0.2) is 0 Å². The maximum atomic E-state index is 11.8. The van der Waals surface area contributed by atoms with Crippen LogP contribution in [0, 0.1) is 0 Å². The van der Waals surface area contributed by atoms with Gasteiger partial charge in [-0.2, -0.15) is 0 Å². The van der Waals surface area contributed by atoms with E-state index in [1.807, 2.05) is 24.3 Å². The normalized spacial score (nSPS) is 18.8. The van der Waals surface area contributed by atoms with E-state index >= 15 is 0 Å². The number of benzene rings is 1. The summed E-state index contributed by atoms with van der Waals surface area (Å²) in [7, 11) is 0. The third kappa shape index (κ3) is 6.61. The quantitative estimate of drug-likeness (QED) is 0.521. The van der Waals surface area contributed by atoms with Crippen molar-refractivity contribution in [2.24, 2.45) is 0 Å². The summed E-state index contributed by atoms with van der Waals surface area (Å²) < 4.78 is 10.0. The molecule has 1 aromatic carbocycles. The number of hydrogen-bond acceptors (Lipinski definition) is 6. The number of nitrogens with zero attached hydrogens (tertiary/aromatic N) is 2. The molecule has 1 aliphatic heterocycles. The molecule has 0 bridgehead atoms. The number of carbonyl (C=O) groups excluding carboxylic acids is 2. The highest BCUT2D eigenvalue weighted by Crippen LogP contribution is 2.15. The molecule has 0 saturated carbocycles. The van der Waals surface area contributed by atoms with Crippen molar-refractivity contribution in [1.29, 1.82) is 0 Å². The van der Waals surface area contributed by atoms with Gasteiger partial charge < -0.3 is 9.47 Å². The Hall–Kier alpha value is -2.18. The van der Waals surface area contributed by atoms with Crippen LogP contribution in [-0.2, 0) is 25.6 Å². The van der Waals surface area contributed by atoms with Crippen LogP contribution >= 0.6 is 0 Å². The Morgan fingerprint density at radius 3 is 2.54 bits per heavy atom. The minimum Gasteiger partial charge on any atom is -0.465 e. The summed E-state index contributed by atoms with van der Waals surface area (Å²) in [5.74, 6) is -0.549. The molecule has 1 aromatic rings. The van der Waals surface area contributed by atoms with Crippen molar-refractivity contribution in [3.8, 4) is 0 Å². The Kier molecular flexibility index (Phi) is 8.31. The van der Waals surface area contributed by atoms with Crippen LogP contribution in [0.15, 0.2) is 42.5 Å². The highest BCUT2D eigenvalue weighted by molar-refractivity contribution is 5.82. The van der Waals surface area contributed by atoms with Gasteiger partial charge in [-0.25, -0.2) is 4.79 Å². The predicted octanol–water partition coefficient (Wildman–Crippen LogP) is 1.86. The lowest BCUT2D eigenvalue weighted by molar-refractivity contribution is -0.145. The van der Waals surface area contributed by atoms with Gasteiger partial charge in [0.1, 0.15) is 0 Å². The molecular formula is C20H28N2O4. The number of hydrogen-bond donors (Lipinski definition) is 0. The van der Waals surface area contributed by atoms with Crippen LogP contribution in [0.25, 0.3) is 0 Å². The van der Waals surface area contributed by atoms with Gasteiger partial charge in [-0.15, -0.1) is 0 Å². The van der Waals surface area contributed by atoms with Crippen LogP contribution in [0.5, 0.6) is 0 Å². The van der Waals surface area contributed by atoms with Crippen molar-refractivity contribution >= 4 is 11.9 Å². The van der Waals surface area contributed by atoms with E-state index in [0.29, 0.717) is 19.8 Å². The molecule has 0 radical (unpaired) electrons. The van der Waals surface area contributed by atoms with E-state index in [4.69, 9.17) is 9.47 Å². The summed E-state index contributed by atoms with van der Waals surface area (Å²) in [6.07, 6.45) is 3.36. The fraction of sp³-hybridized carbons (Fsp3) is 0.500. The molecule has 1 atom stereocenters. The molecule has 2 rings (SSSR count). The second-order valence-electron chi connectivity index (χ2n) is 6.17. The average Bonchev–Trinajstić information content (AvgIpc) is 2.63. The minimum atomic E-state index is -0.338. The molecule has 0 amide bonds. The van der Waals surface area contributed by atoms with Crippen LogP contribution in [-0.4, -0.2) is 67.2 Å². The van der Waals surface area contributed by atoms with Crippen LogP contribution in [0.4, 0.5) is 0 Å². The zero-order chi connectivity index (χ0) is 18.8. The molecule has 142 valence electrons. The number of piperazine rings is 1. The van der Waals surface area contributed by atoms with E-state index in [-0.39, 0.29) is 24.5 Å². The lowest BCUT2D eigenvalue weighted by atomic mass is 10.1. The van der Waals surface area contributed by atoms with Gasteiger partial charge in [-0.1, -0.05) is 36.4 Å². The Balaban J connectivity index is 2.03. The maximum Gasteiger partial charge on any atom is 0.330 e. The van der Waals surface area contributed by atoms with Crippen molar-refractivity contribution in [3.63, 3.8) is 0 Å². The highest BCUT2D eigenvalue weighted by atomic mass is 16.5. The molecule has 0 unspecified atom stereocenters. The lowest BCUT2D eigenvalue weighted by Crippen LogP contribution is -2.53. The van der Waals surface area contributed by atoms with E-state index in [1.54, 1.807) is 13.8 Å². The van der Waals surface area contributed by atoms with Crippen molar-refractivity contribution in [1.82, 2.24) is 9.80 Å². The summed E-state index contributed by atoms with van der Waals surface area (Å²) in [4.78, 5) is 27.8. The minimum absolute atomic E-state index is 0.0304. The van der Waals surface area contributed by atoms with Crippen molar-refractivity contribution in [2.75, 3.05) is 39.4 Å². The maximum absolute atomic E-state index is 11.8. The Morgan fingerprint density at radius 1 is 1.12 bits per heavy atom. The molecular weight excluding hydrogens is 332 g/mol. The zero-order valence-corrected chi connectivity index (χ0v) is 15.6. The average molecular weight is 360 g/mol. The van der Waals surface area contributed by atoms with Crippen molar-refractivity contribution in [3.05, 3.63) is 48.0 Å². The first-order chi connectivity index (χ1) is 12.6. The van der Waals surface area contributed by atoms with E-state index in [1.165, 1.54) is 11.6 Å². The van der Waals surface area contributed by atoms with Gasteiger partial charge in [-0.05, 0) is 19.4 Å². The van der Waals surface area contributed by atoms with E-state index in [9.17, 15) is 9.59 Å². The predicted molar refractivity (Wildman–Crippen MR) is 99.5 cm³/mol. The van der Waals surface area contributed by atoms with Gasteiger partial charge in [0.25, 0.3) is 0 Å². The van der Waals surface area contributed by atoms with E-state index < -0.39 is 0 Å². The van der Waals surface area contributed by atoms with E-state index in [0.717, 1.165) is 19.6 Å². The smallest absolute Gasteiger partial charge is 0.330 e. The molecule has 6 heteroatoms. The standard InChI is InChI=1S/C20H28N2O4/c1-3-25-19(23)11-10-18-15-21(16-20(24)26-4-2)12-13-22(18)14-17-8-6-5-7-9-17/h5-11,18H,3-4,12-16H2,1-2H3/b11-10+/t18-/m0/s1. The number of carbonyl (C=O) groups is 2. The molecule has 1 fully saturated rings. The topological polar surface area (TPSA) is 59.1 Å². The third-order valence-electron chi connectivity index (χ3n) is 4.25. The van der Waals surface area contributed by atoms with Gasteiger partial charge in [0.2, 0.25) is 0 Å². The Bertz CT molecular complexity index is 603. The molecule has 0 aromatic heterocycles. The lowest BCUT2D eigenvalue weighted by Gasteiger charge is -2.39. The van der Waals surface area contributed by atoms with Crippen molar-refractivity contribution in [2.45, 2.75) is 26.4 Å². The van der Waals surface area contributed by atoms with Gasteiger partial charge in [0.05, 0.1) is 19.8 Å². The SMILES string of the molecule is CCOC(=O)/C=C/[C@H]1CN(CC(=O)OCC)CCN1Cc1ccccc1. The second-order valence-corrected chi connectivity index (χ2v) is 6.17. The Labute approximate surface area is 155 Å². The molecule has 0 N–H and O–H groups in total. The van der Waals surface area contributed by atoms with Crippen LogP contribution in [0.2, 0.25) is 0 Å². The first-order valence-electron chi connectivity index (χ1n) is 9.13. The fourth-order valence-electron chi connectivity index (χ4n) is 3.02. The largest absolute Gasteiger partial charge is 0.465 e. The number of esters is 2. The first-order valence-corrected chi connectivity index (χ1v) is 9.13. The Morgan fingerprint density at radius 2 is 1.85 bits per heavy atom. The molecule has 0 aliphatic carbocycles. The second kappa shape index (κ2) is 10.7. The molecule has 1 aliphatic rings. The number of ether oxygens (including phenoxy) is 2. The molecule has 1 heterocycles. The van der Waals surface area contributed by atoms with Crippen molar-refractivity contribution < 1.29 is 19.1 Å². The fourth-order valence-corrected chi connectivity index (χ4v) is 3.02. The van der Waals surface area contributed by atoms with Gasteiger partial charge in [0, 0.05) is 38.3 Å². The zero-order valence-electron chi connectivity index (χ0n) is 15.6. The van der Waals surface area contributed by atoms with Gasteiger partial charge in [-0.3, -0.25) is 14.6 Å². The molecule has 6 nitrogen and oxygen atoms in total. The summed E-state index contributed by atoms with van der Waals surface area (Å²) in [5, 5.41) is 0. The van der Waals surface area contributed by atoms with Crippen LogP contribution in [0.1, 0.15) is 19.4 Å². The highest BCUT2D eigenvalue weighted by Gasteiger charge is 2.26. The summed E-state index contributed by atoms with van der Waals surface area (Å²) in [6, 6.07) is 10.3. The molecule has 1 saturated heterocycles. The molecule has 26 heavy (non-hydrogen) atoms. The van der Waals surface area contributed by atoms with E-state index in [2.05, 4.69) is 21.9 Å². The van der Waals surface area contributed by atoms with Crippen LogP contribution < -0.4 is 0 Å². The van der Waals surface area contributed by atoms with Gasteiger partial charge >= 0.3 is 11.9 Å². The molecule has 0 spiro atoms. The van der Waals surface area contributed by atoms with Crippen LogP contribution in [0.3, 0.4) is 0 Å². The summed E-state index contributed by atoms with van der Waals surface area (Å²) in [6.45, 7) is 7.68. The first kappa shape index (κ1) is 20.1.